The number of hydrogen-bond acceptors (Lipinski definition) is 5. The molecule has 1 heterocycles. The maximum absolute atomic E-state index is 12.3. The molecule has 1 unspecified atom stereocenters. The van der Waals surface area contributed by atoms with Gasteiger partial charge in [-0.25, -0.2) is 4.98 Å². The summed E-state index contributed by atoms with van der Waals surface area (Å²) in [6.07, 6.45) is 1.31. The Labute approximate surface area is 198 Å². The molecule has 174 valence electrons. The van der Waals surface area contributed by atoms with Crippen LogP contribution in [0.4, 0.5) is 0 Å². The zero-order chi connectivity index (χ0) is 24.1. The van der Waals surface area contributed by atoms with Gasteiger partial charge in [-0.3, -0.25) is 20.4 Å². The third-order valence-corrected chi connectivity index (χ3v) is 5.64. The predicted molar refractivity (Wildman–Crippen MR) is 130 cm³/mol. The van der Waals surface area contributed by atoms with Crippen molar-refractivity contribution < 1.29 is 18.7 Å². The molecule has 0 aliphatic heterocycles. The molecule has 4 aromatic rings. The van der Waals surface area contributed by atoms with E-state index in [0.29, 0.717) is 23.8 Å². The number of fused-ring (bicyclic) bond motifs is 1. The van der Waals surface area contributed by atoms with Crippen LogP contribution in [-0.2, 0) is 16.0 Å². The summed E-state index contributed by atoms with van der Waals surface area (Å²) >= 11 is 0. The van der Waals surface area contributed by atoms with Gasteiger partial charge < -0.3 is 9.15 Å². The lowest BCUT2D eigenvalue weighted by molar-refractivity contribution is -0.132. The van der Waals surface area contributed by atoms with Crippen LogP contribution in [0.1, 0.15) is 30.4 Å². The van der Waals surface area contributed by atoms with E-state index in [-0.39, 0.29) is 12.3 Å². The molecule has 0 saturated heterocycles. The van der Waals surface area contributed by atoms with Crippen LogP contribution in [-0.4, -0.2) is 22.9 Å². The fraction of sp³-hybridized carbons (Fsp3) is 0.222. The highest BCUT2D eigenvalue weighted by atomic mass is 16.5. The minimum absolute atomic E-state index is 0.118. The molecule has 0 bridgehead atoms. The number of hydrogen-bond donors (Lipinski definition) is 2. The molecule has 0 radical (unpaired) electrons. The Bertz CT molecular complexity index is 1330. The molecule has 4 rings (SSSR count). The number of carbonyl (C=O) groups excluding carboxylic acids is 2. The van der Waals surface area contributed by atoms with Gasteiger partial charge in [0.05, 0.1) is 6.20 Å². The van der Waals surface area contributed by atoms with Crippen LogP contribution in [0.3, 0.4) is 0 Å². The summed E-state index contributed by atoms with van der Waals surface area (Å²) in [5.41, 5.74) is 8.14. The van der Waals surface area contributed by atoms with E-state index in [4.69, 9.17) is 9.15 Å². The summed E-state index contributed by atoms with van der Waals surface area (Å²) in [5.74, 6) is 0.900. The molecule has 2 N–H and O–H groups in total. The molecule has 7 heteroatoms. The van der Waals surface area contributed by atoms with Crippen molar-refractivity contribution in [2.75, 3.05) is 0 Å². The summed E-state index contributed by atoms with van der Waals surface area (Å²) in [4.78, 5) is 28.7. The van der Waals surface area contributed by atoms with Crippen molar-refractivity contribution in [2.45, 2.75) is 39.7 Å². The number of benzene rings is 3. The molecule has 0 aliphatic rings. The second kappa shape index (κ2) is 10.2. The van der Waals surface area contributed by atoms with E-state index < -0.39 is 12.0 Å². The summed E-state index contributed by atoms with van der Waals surface area (Å²) in [7, 11) is 0. The van der Waals surface area contributed by atoms with Crippen molar-refractivity contribution in [1.82, 2.24) is 15.8 Å². The minimum Gasteiger partial charge on any atom is -0.481 e. The van der Waals surface area contributed by atoms with Crippen molar-refractivity contribution in [2.24, 2.45) is 0 Å². The molecule has 7 nitrogen and oxygen atoms in total. The summed E-state index contributed by atoms with van der Waals surface area (Å²) in [5, 5.41) is 2.11. The molecular formula is C27H27N3O4. The zero-order valence-electron chi connectivity index (χ0n) is 19.4. The first-order valence-electron chi connectivity index (χ1n) is 11.2. The van der Waals surface area contributed by atoms with Crippen LogP contribution in [0, 0.1) is 13.8 Å². The van der Waals surface area contributed by atoms with E-state index >= 15 is 0 Å². The molecule has 2 amide bonds. The van der Waals surface area contributed by atoms with E-state index in [2.05, 4.69) is 22.8 Å². The molecular weight excluding hydrogens is 430 g/mol. The van der Waals surface area contributed by atoms with Gasteiger partial charge in [-0.1, -0.05) is 42.5 Å². The number of ether oxygens (including phenoxy) is 1. The van der Waals surface area contributed by atoms with E-state index in [1.807, 2.05) is 67.6 Å². The Morgan fingerprint density at radius 2 is 1.76 bits per heavy atom. The average Bonchev–Trinajstić information content (AvgIpc) is 3.32. The van der Waals surface area contributed by atoms with Crippen LogP contribution in [0.2, 0.25) is 0 Å². The lowest BCUT2D eigenvalue weighted by Crippen LogP contribution is -2.47. The summed E-state index contributed by atoms with van der Waals surface area (Å²) in [6, 6.07) is 19.6. The Hall–Kier alpha value is -4.13. The zero-order valence-corrected chi connectivity index (χ0v) is 19.4. The van der Waals surface area contributed by atoms with E-state index in [1.54, 1.807) is 13.1 Å². The number of aromatic nitrogens is 1. The maximum Gasteiger partial charge on any atom is 0.279 e. The number of carbonyl (C=O) groups is 2. The van der Waals surface area contributed by atoms with E-state index in [1.165, 1.54) is 11.1 Å². The second-order valence-electron chi connectivity index (χ2n) is 8.22. The van der Waals surface area contributed by atoms with Crippen LogP contribution >= 0.6 is 0 Å². The second-order valence-corrected chi connectivity index (χ2v) is 8.22. The number of oxazole rings is 1. The normalized spacial score (nSPS) is 11.7. The Morgan fingerprint density at radius 1 is 0.971 bits per heavy atom. The standard InChI is InChI=1S/C27H27N3O4/c1-17-8-9-22(14-18(17)2)24-16-28-26(34-24)13-12-25(31)29-30-27(32)19(3)33-23-11-10-20-6-4-5-7-21(20)15-23/h4-11,14-16,19H,12-13H2,1-3H3,(H,29,31)(H,30,32). The molecule has 0 aliphatic carbocycles. The topological polar surface area (TPSA) is 93.5 Å². The van der Waals surface area contributed by atoms with Crippen LogP contribution in [0.25, 0.3) is 22.1 Å². The molecule has 1 aromatic heterocycles. The maximum atomic E-state index is 12.3. The van der Waals surface area contributed by atoms with E-state index in [0.717, 1.165) is 16.3 Å². The van der Waals surface area contributed by atoms with Crippen molar-refractivity contribution >= 4 is 22.6 Å². The van der Waals surface area contributed by atoms with Gasteiger partial charge in [0.25, 0.3) is 5.91 Å². The van der Waals surface area contributed by atoms with Crippen LogP contribution < -0.4 is 15.6 Å². The van der Waals surface area contributed by atoms with Crippen LogP contribution in [0.15, 0.2) is 71.3 Å². The monoisotopic (exact) mass is 457 g/mol. The first-order chi connectivity index (χ1) is 16.4. The average molecular weight is 458 g/mol. The fourth-order valence-corrected chi connectivity index (χ4v) is 3.47. The summed E-state index contributed by atoms with van der Waals surface area (Å²) in [6.45, 7) is 5.72. The number of rotatable bonds is 7. The Kier molecular flexibility index (Phi) is 6.92. The van der Waals surface area contributed by atoms with E-state index in [9.17, 15) is 9.59 Å². The van der Waals surface area contributed by atoms with Crippen molar-refractivity contribution in [3.05, 3.63) is 83.9 Å². The molecule has 3 aromatic carbocycles. The number of nitrogens with zero attached hydrogens (tertiary/aromatic N) is 1. The minimum atomic E-state index is -0.784. The number of aryl methyl sites for hydroxylation is 3. The van der Waals surface area contributed by atoms with Gasteiger partial charge >= 0.3 is 0 Å². The third kappa shape index (κ3) is 5.61. The SMILES string of the molecule is Cc1ccc(-c2cnc(CCC(=O)NNC(=O)C(C)Oc3ccc4ccccc4c3)o2)cc1C. The quantitative estimate of drug-likeness (QED) is 0.394. The lowest BCUT2D eigenvalue weighted by atomic mass is 10.1. The fourth-order valence-electron chi connectivity index (χ4n) is 3.47. The van der Waals surface area contributed by atoms with Crippen molar-refractivity contribution in [3.8, 4) is 17.1 Å². The lowest BCUT2D eigenvalue weighted by Gasteiger charge is -2.15. The highest BCUT2D eigenvalue weighted by Gasteiger charge is 2.16. The number of nitrogens with one attached hydrogen (secondary N) is 2. The highest BCUT2D eigenvalue weighted by molar-refractivity contribution is 5.85. The molecule has 0 saturated carbocycles. The molecule has 0 fully saturated rings. The molecule has 1 atom stereocenters. The predicted octanol–water partition coefficient (Wildman–Crippen LogP) is 4.66. The Balaban J connectivity index is 1.23. The molecule has 0 spiro atoms. The van der Waals surface area contributed by atoms with Crippen molar-refractivity contribution in [3.63, 3.8) is 0 Å². The van der Waals surface area contributed by atoms with Gasteiger partial charge in [0, 0.05) is 18.4 Å². The number of amides is 2. The largest absolute Gasteiger partial charge is 0.481 e. The van der Waals surface area contributed by atoms with Gasteiger partial charge in [-0.05, 0) is 60.9 Å². The van der Waals surface area contributed by atoms with Gasteiger partial charge in [0.1, 0.15) is 5.75 Å². The van der Waals surface area contributed by atoms with Gasteiger partial charge in [-0.2, -0.15) is 0 Å². The summed E-state index contributed by atoms with van der Waals surface area (Å²) < 4.78 is 11.5. The first-order valence-corrected chi connectivity index (χ1v) is 11.2. The van der Waals surface area contributed by atoms with Crippen molar-refractivity contribution in [1.29, 1.82) is 0 Å². The Morgan fingerprint density at radius 3 is 2.56 bits per heavy atom. The van der Waals surface area contributed by atoms with Gasteiger partial charge in [0.2, 0.25) is 5.91 Å². The first kappa shape index (κ1) is 23.0. The molecule has 34 heavy (non-hydrogen) atoms. The number of hydrazine groups is 1. The van der Waals surface area contributed by atoms with Gasteiger partial charge in [0.15, 0.2) is 17.8 Å². The third-order valence-electron chi connectivity index (χ3n) is 5.64. The van der Waals surface area contributed by atoms with Crippen LogP contribution in [0.5, 0.6) is 5.75 Å². The smallest absolute Gasteiger partial charge is 0.279 e. The van der Waals surface area contributed by atoms with Gasteiger partial charge in [-0.15, -0.1) is 0 Å². The highest BCUT2D eigenvalue weighted by Crippen LogP contribution is 2.24.